The van der Waals surface area contributed by atoms with Crippen LogP contribution in [-0.4, -0.2) is 15.0 Å². The topological polar surface area (TPSA) is 84.7 Å². The van der Waals surface area contributed by atoms with E-state index in [0.717, 1.165) is 13.1 Å². The first-order chi connectivity index (χ1) is 7.06. The first-order valence-corrected chi connectivity index (χ1v) is 6.15. The maximum absolute atomic E-state index is 11.1. The van der Waals surface area contributed by atoms with Crippen molar-refractivity contribution in [3.8, 4) is 10.7 Å². The molecule has 5 nitrogen and oxygen atoms in total. The summed E-state index contributed by atoms with van der Waals surface area (Å²) in [6.45, 7) is 0. The van der Waals surface area contributed by atoms with Gasteiger partial charge in [0.25, 0.3) is 0 Å². The number of nitrogens with one attached hydrogen (secondary N) is 1. The fourth-order valence-electron chi connectivity index (χ4n) is 0.981. The molecule has 0 radical (unpaired) electrons. The molecular formula is C7H4Br2N4OS. The number of H-pyrrole nitrogens is 1. The van der Waals surface area contributed by atoms with E-state index in [1.165, 1.54) is 11.3 Å². The molecular weight excluding hydrogens is 348 g/mol. The SMILES string of the molecule is Nc1nc(-c2cc(Br)c(Br)s2)[nH]c(=O)n1. The Balaban J connectivity index is 2.58. The first kappa shape index (κ1) is 10.8. The summed E-state index contributed by atoms with van der Waals surface area (Å²) in [4.78, 5) is 21.8. The number of aromatic amines is 1. The lowest BCUT2D eigenvalue weighted by Gasteiger charge is -1.95. The maximum atomic E-state index is 11.1. The van der Waals surface area contributed by atoms with Crippen LogP contribution in [0.2, 0.25) is 0 Å². The minimum atomic E-state index is -0.502. The Morgan fingerprint density at radius 3 is 2.67 bits per heavy atom. The van der Waals surface area contributed by atoms with Crippen LogP contribution in [0.15, 0.2) is 19.1 Å². The summed E-state index contributed by atoms with van der Waals surface area (Å²) in [5, 5.41) is 0. The van der Waals surface area contributed by atoms with E-state index in [-0.39, 0.29) is 5.95 Å². The second-order valence-electron chi connectivity index (χ2n) is 2.59. The number of halogens is 2. The first-order valence-electron chi connectivity index (χ1n) is 3.75. The number of aromatic nitrogens is 3. The largest absolute Gasteiger partial charge is 0.368 e. The molecule has 0 saturated carbocycles. The average molecular weight is 352 g/mol. The minimum Gasteiger partial charge on any atom is -0.368 e. The lowest BCUT2D eigenvalue weighted by molar-refractivity contribution is 1.01. The molecule has 0 amide bonds. The predicted molar refractivity (Wildman–Crippen MR) is 65.8 cm³/mol. The van der Waals surface area contributed by atoms with Gasteiger partial charge in [0.15, 0.2) is 5.82 Å². The van der Waals surface area contributed by atoms with E-state index >= 15 is 0 Å². The second kappa shape index (κ2) is 4.03. The highest BCUT2D eigenvalue weighted by molar-refractivity contribution is 9.13. The minimum absolute atomic E-state index is 0.0330. The molecule has 0 aromatic carbocycles. The average Bonchev–Trinajstić information content (AvgIpc) is 2.45. The highest BCUT2D eigenvalue weighted by Gasteiger charge is 2.09. The molecule has 2 heterocycles. The van der Waals surface area contributed by atoms with Crippen molar-refractivity contribution in [2.75, 3.05) is 5.73 Å². The second-order valence-corrected chi connectivity index (χ2v) is 5.82. The summed E-state index contributed by atoms with van der Waals surface area (Å²) >= 11 is 8.14. The standard InChI is InChI=1S/C7H4Br2N4OS/c8-2-1-3(15-4(2)9)5-11-6(10)13-7(14)12-5/h1H,(H3,10,11,12,13,14). The van der Waals surface area contributed by atoms with Gasteiger partial charge in [-0.15, -0.1) is 11.3 Å². The van der Waals surface area contributed by atoms with Crippen LogP contribution in [0.25, 0.3) is 10.7 Å². The van der Waals surface area contributed by atoms with E-state index in [0.29, 0.717) is 5.82 Å². The smallest absolute Gasteiger partial charge is 0.349 e. The zero-order valence-electron chi connectivity index (χ0n) is 7.12. The molecule has 3 N–H and O–H groups in total. The number of hydrogen-bond donors (Lipinski definition) is 2. The van der Waals surface area contributed by atoms with Crippen molar-refractivity contribution in [2.45, 2.75) is 0 Å². The Hall–Kier alpha value is -0.730. The lowest BCUT2D eigenvalue weighted by Crippen LogP contribution is -2.15. The molecule has 15 heavy (non-hydrogen) atoms. The predicted octanol–water partition coefficient (Wildman–Crippen LogP) is 2.00. The number of rotatable bonds is 1. The van der Waals surface area contributed by atoms with E-state index in [1.807, 2.05) is 6.07 Å². The van der Waals surface area contributed by atoms with Crippen LogP contribution in [0, 0.1) is 0 Å². The van der Waals surface area contributed by atoms with Crippen LogP contribution < -0.4 is 11.4 Å². The number of nitrogens with two attached hydrogens (primary N) is 1. The molecule has 2 aromatic heterocycles. The van der Waals surface area contributed by atoms with Crippen molar-refractivity contribution in [3.05, 3.63) is 24.8 Å². The molecule has 2 rings (SSSR count). The molecule has 78 valence electrons. The number of hydrogen-bond acceptors (Lipinski definition) is 5. The number of anilines is 1. The summed E-state index contributed by atoms with van der Waals surface area (Å²) in [7, 11) is 0. The summed E-state index contributed by atoms with van der Waals surface area (Å²) in [5.41, 5.74) is 4.88. The van der Waals surface area contributed by atoms with Crippen LogP contribution in [0.5, 0.6) is 0 Å². The number of nitrogens with zero attached hydrogens (tertiary/aromatic N) is 2. The van der Waals surface area contributed by atoms with Crippen molar-refractivity contribution in [3.63, 3.8) is 0 Å². The van der Waals surface area contributed by atoms with Gasteiger partial charge in [-0.3, -0.25) is 4.98 Å². The third-order valence-electron chi connectivity index (χ3n) is 1.55. The molecule has 0 spiro atoms. The molecule has 0 unspecified atom stereocenters. The van der Waals surface area contributed by atoms with Crippen LogP contribution in [0.3, 0.4) is 0 Å². The molecule has 0 bridgehead atoms. The van der Waals surface area contributed by atoms with Crippen LogP contribution in [0.4, 0.5) is 5.95 Å². The zero-order chi connectivity index (χ0) is 11.0. The monoisotopic (exact) mass is 350 g/mol. The van der Waals surface area contributed by atoms with Gasteiger partial charge in [0, 0.05) is 4.47 Å². The fourth-order valence-corrected chi connectivity index (χ4v) is 2.96. The Labute approximate surface area is 105 Å². The van der Waals surface area contributed by atoms with E-state index in [2.05, 4.69) is 46.8 Å². The highest BCUT2D eigenvalue weighted by atomic mass is 79.9. The highest BCUT2D eigenvalue weighted by Crippen LogP contribution is 2.36. The summed E-state index contributed by atoms with van der Waals surface area (Å²) in [6, 6.07) is 1.84. The Kier molecular flexibility index (Phi) is 2.89. The van der Waals surface area contributed by atoms with E-state index in [4.69, 9.17) is 5.73 Å². The van der Waals surface area contributed by atoms with E-state index < -0.39 is 5.69 Å². The van der Waals surface area contributed by atoms with Crippen LogP contribution in [-0.2, 0) is 0 Å². The van der Waals surface area contributed by atoms with Gasteiger partial charge in [0.2, 0.25) is 5.95 Å². The van der Waals surface area contributed by atoms with Gasteiger partial charge < -0.3 is 5.73 Å². The molecule has 2 aromatic rings. The quantitative estimate of drug-likeness (QED) is 0.822. The van der Waals surface area contributed by atoms with Crippen molar-refractivity contribution < 1.29 is 0 Å². The number of nitrogen functional groups attached to an aromatic ring is 1. The van der Waals surface area contributed by atoms with Crippen molar-refractivity contribution >= 4 is 49.1 Å². The lowest BCUT2D eigenvalue weighted by atomic mass is 10.4. The zero-order valence-corrected chi connectivity index (χ0v) is 11.1. The van der Waals surface area contributed by atoms with Gasteiger partial charge in [0.1, 0.15) is 0 Å². The summed E-state index contributed by atoms with van der Waals surface area (Å²) in [5.74, 6) is 0.387. The van der Waals surface area contributed by atoms with Gasteiger partial charge >= 0.3 is 5.69 Å². The Bertz CT molecular complexity index is 545. The van der Waals surface area contributed by atoms with Gasteiger partial charge in [-0.2, -0.15) is 9.97 Å². The van der Waals surface area contributed by atoms with Gasteiger partial charge in [-0.25, -0.2) is 4.79 Å². The van der Waals surface area contributed by atoms with Gasteiger partial charge in [0.05, 0.1) is 8.66 Å². The Morgan fingerprint density at radius 2 is 2.13 bits per heavy atom. The van der Waals surface area contributed by atoms with Gasteiger partial charge in [-0.1, -0.05) is 0 Å². The normalized spacial score (nSPS) is 10.5. The summed E-state index contributed by atoms with van der Waals surface area (Å²) < 4.78 is 1.83. The summed E-state index contributed by atoms with van der Waals surface area (Å²) in [6.07, 6.45) is 0. The van der Waals surface area contributed by atoms with Crippen LogP contribution in [0.1, 0.15) is 0 Å². The number of thiophene rings is 1. The Morgan fingerprint density at radius 1 is 1.40 bits per heavy atom. The third kappa shape index (κ3) is 2.27. The maximum Gasteiger partial charge on any atom is 0.349 e. The van der Waals surface area contributed by atoms with Crippen molar-refractivity contribution in [2.24, 2.45) is 0 Å². The van der Waals surface area contributed by atoms with Crippen molar-refractivity contribution in [1.29, 1.82) is 0 Å². The molecule has 0 aliphatic carbocycles. The molecule has 0 atom stereocenters. The van der Waals surface area contributed by atoms with E-state index in [1.54, 1.807) is 0 Å². The molecule has 0 aliphatic heterocycles. The third-order valence-corrected chi connectivity index (χ3v) is 4.81. The van der Waals surface area contributed by atoms with Gasteiger partial charge in [-0.05, 0) is 37.9 Å². The van der Waals surface area contributed by atoms with Crippen LogP contribution >= 0.6 is 43.2 Å². The fraction of sp³-hybridized carbons (Fsp3) is 0. The molecule has 0 aliphatic rings. The molecule has 8 heteroatoms. The molecule has 0 fully saturated rings. The van der Waals surface area contributed by atoms with Crippen molar-refractivity contribution in [1.82, 2.24) is 15.0 Å². The molecule has 0 saturated heterocycles. The van der Waals surface area contributed by atoms with E-state index in [9.17, 15) is 4.79 Å².